The average Bonchev–Trinajstić information content (AvgIpc) is 3.24. The standard InChI is InChI=1S/C21H20N2O4/c1-12(2)13-3-5-14(6-4-13)20-22-17-10-16(7-8-18(17)27-20)23-11-15(21(25)26)9-19(23)24/h3-8,10,12,15H,9,11H2,1-2H3,(H,25,26)/t15-/m0/s1. The van der Waals surface area contributed by atoms with Crippen LogP contribution in [0.3, 0.4) is 0 Å². The minimum atomic E-state index is -0.944. The largest absolute Gasteiger partial charge is 0.481 e. The van der Waals surface area contributed by atoms with Gasteiger partial charge in [0.1, 0.15) is 5.52 Å². The monoisotopic (exact) mass is 364 g/mol. The number of hydrogen-bond acceptors (Lipinski definition) is 4. The molecule has 1 fully saturated rings. The highest BCUT2D eigenvalue weighted by Crippen LogP contribution is 2.31. The van der Waals surface area contributed by atoms with Gasteiger partial charge in [0.2, 0.25) is 11.8 Å². The summed E-state index contributed by atoms with van der Waals surface area (Å²) in [5.41, 5.74) is 4.05. The molecule has 138 valence electrons. The maximum atomic E-state index is 12.2. The van der Waals surface area contributed by atoms with Gasteiger partial charge in [-0.3, -0.25) is 9.59 Å². The molecule has 1 atom stereocenters. The molecule has 0 saturated carbocycles. The molecular weight excluding hydrogens is 344 g/mol. The molecule has 2 heterocycles. The number of benzene rings is 2. The van der Waals surface area contributed by atoms with Gasteiger partial charge in [-0.2, -0.15) is 0 Å². The molecule has 27 heavy (non-hydrogen) atoms. The smallest absolute Gasteiger partial charge is 0.308 e. The number of carbonyl (C=O) groups is 2. The van der Waals surface area contributed by atoms with Crippen LogP contribution in [0.15, 0.2) is 46.9 Å². The maximum absolute atomic E-state index is 12.2. The van der Waals surface area contributed by atoms with Gasteiger partial charge in [0.25, 0.3) is 0 Å². The summed E-state index contributed by atoms with van der Waals surface area (Å²) in [7, 11) is 0. The molecular formula is C21H20N2O4. The fraction of sp³-hybridized carbons (Fsp3) is 0.286. The minimum absolute atomic E-state index is 0.0274. The third kappa shape index (κ3) is 3.18. The summed E-state index contributed by atoms with van der Waals surface area (Å²) in [6, 6.07) is 13.4. The van der Waals surface area contributed by atoms with Crippen LogP contribution in [0, 0.1) is 5.92 Å². The molecule has 4 rings (SSSR count). The van der Waals surface area contributed by atoms with Crippen LogP contribution >= 0.6 is 0 Å². The van der Waals surface area contributed by atoms with E-state index in [0.29, 0.717) is 28.6 Å². The van der Waals surface area contributed by atoms with Gasteiger partial charge >= 0.3 is 5.97 Å². The van der Waals surface area contributed by atoms with E-state index in [1.807, 2.05) is 12.1 Å². The summed E-state index contributed by atoms with van der Waals surface area (Å²) in [6.07, 6.45) is 0.0274. The average molecular weight is 364 g/mol. The quantitative estimate of drug-likeness (QED) is 0.755. The Morgan fingerprint density at radius 3 is 2.59 bits per heavy atom. The van der Waals surface area contributed by atoms with Crippen LogP contribution in [0.2, 0.25) is 0 Å². The summed E-state index contributed by atoms with van der Waals surface area (Å²) in [4.78, 5) is 29.4. The van der Waals surface area contributed by atoms with Crippen LogP contribution in [0.25, 0.3) is 22.6 Å². The van der Waals surface area contributed by atoms with Gasteiger partial charge < -0.3 is 14.4 Å². The molecule has 1 saturated heterocycles. The van der Waals surface area contributed by atoms with E-state index in [2.05, 4.69) is 31.0 Å². The first-order valence-corrected chi connectivity index (χ1v) is 8.96. The first-order valence-electron chi connectivity index (χ1n) is 8.96. The van der Waals surface area contributed by atoms with E-state index in [-0.39, 0.29) is 18.9 Å². The number of carbonyl (C=O) groups excluding carboxylic acids is 1. The number of amides is 1. The summed E-state index contributed by atoms with van der Waals surface area (Å²) < 4.78 is 5.85. The van der Waals surface area contributed by atoms with Crippen LogP contribution in [0.4, 0.5) is 5.69 Å². The van der Waals surface area contributed by atoms with Crippen molar-refractivity contribution in [3.8, 4) is 11.5 Å². The van der Waals surface area contributed by atoms with Crippen molar-refractivity contribution in [1.29, 1.82) is 0 Å². The number of carboxylic acid groups (broad SMARTS) is 1. The minimum Gasteiger partial charge on any atom is -0.481 e. The van der Waals surface area contributed by atoms with Crippen LogP contribution in [0.5, 0.6) is 0 Å². The normalized spacial score (nSPS) is 17.2. The molecule has 6 heteroatoms. The van der Waals surface area contributed by atoms with Crippen LogP contribution in [-0.4, -0.2) is 28.5 Å². The summed E-state index contributed by atoms with van der Waals surface area (Å²) in [6.45, 7) is 4.47. The number of aliphatic carboxylic acids is 1. The summed E-state index contributed by atoms with van der Waals surface area (Å²) in [5, 5.41) is 9.14. The zero-order chi connectivity index (χ0) is 19.1. The Bertz CT molecular complexity index is 1020. The highest BCUT2D eigenvalue weighted by atomic mass is 16.4. The van der Waals surface area contributed by atoms with Crippen molar-refractivity contribution in [2.75, 3.05) is 11.4 Å². The molecule has 3 aromatic rings. The van der Waals surface area contributed by atoms with Gasteiger partial charge in [-0.05, 0) is 41.8 Å². The van der Waals surface area contributed by atoms with Crippen molar-refractivity contribution < 1.29 is 19.1 Å². The lowest BCUT2D eigenvalue weighted by Crippen LogP contribution is -2.25. The second-order valence-corrected chi connectivity index (χ2v) is 7.19. The highest BCUT2D eigenvalue weighted by molar-refractivity contribution is 6.00. The molecule has 1 aliphatic heterocycles. The van der Waals surface area contributed by atoms with E-state index in [1.54, 1.807) is 18.2 Å². The molecule has 1 aromatic heterocycles. The number of carboxylic acids is 1. The summed E-state index contributed by atoms with van der Waals surface area (Å²) in [5.74, 6) is -0.817. The van der Waals surface area contributed by atoms with Gasteiger partial charge in [-0.1, -0.05) is 26.0 Å². The van der Waals surface area contributed by atoms with Crippen molar-refractivity contribution >= 4 is 28.7 Å². The number of nitrogens with zero attached hydrogens (tertiary/aromatic N) is 2. The summed E-state index contributed by atoms with van der Waals surface area (Å²) >= 11 is 0. The lowest BCUT2D eigenvalue weighted by Gasteiger charge is -2.15. The molecule has 1 amide bonds. The topological polar surface area (TPSA) is 83.6 Å². The van der Waals surface area contributed by atoms with E-state index in [1.165, 1.54) is 10.5 Å². The fourth-order valence-corrected chi connectivity index (χ4v) is 3.34. The Kier molecular flexibility index (Phi) is 4.18. The number of hydrogen-bond donors (Lipinski definition) is 1. The Hall–Kier alpha value is -3.15. The third-order valence-corrected chi connectivity index (χ3v) is 4.98. The molecule has 1 aliphatic rings. The Morgan fingerprint density at radius 1 is 1.22 bits per heavy atom. The number of rotatable bonds is 4. The maximum Gasteiger partial charge on any atom is 0.308 e. The molecule has 0 bridgehead atoms. The zero-order valence-electron chi connectivity index (χ0n) is 15.2. The second kappa shape index (κ2) is 6.54. The van der Waals surface area contributed by atoms with Crippen molar-refractivity contribution in [1.82, 2.24) is 4.98 Å². The Labute approximate surface area is 156 Å². The SMILES string of the molecule is CC(C)c1ccc(-c2nc3cc(N4C[C@@H](C(=O)O)CC4=O)ccc3o2)cc1. The van der Waals surface area contributed by atoms with Gasteiger partial charge in [0.05, 0.1) is 5.92 Å². The van der Waals surface area contributed by atoms with Gasteiger partial charge in [-0.25, -0.2) is 4.98 Å². The van der Waals surface area contributed by atoms with Gasteiger partial charge in [0.15, 0.2) is 5.58 Å². The van der Waals surface area contributed by atoms with Crippen LogP contribution in [0.1, 0.15) is 31.7 Å². The van der Waals surface area contributed by atoms with Crippen molar-refractivity contribution in [2.45, 2.75) is 26.2 Å². The fourth-order valence-electron chi connectivity index (χ4n) is 3.34. The first-order chi connectivity index (χ1) is 12.9. The zero-order valence-corrected chi connectivity index (χ0v) is 15.2. The van der Waals surface area contributed by atoms with E-state index in [4.69, 9.17) is 9.52 Å². The van der Waals surface area contributed by atoms with E-state index < -0.39 is 11.9 Å². The molecule has 0 unspecified atom stereocenters. The van der Waals surface area contributed by atoms with Crippen LogP contribution in [-0.2, 0) is 9.59 Å². The molecule has 6 nitrogen and oxygen atoms in total. The van der Waals surface area contributed by atoms with Gasteiger partial charge in [0, 0.05) is 24.2 Å². The predicted molar refractivity (Wildman–Crippen MR) is 102 cm³/mol. The molecule has 0 radical (unpaired) electrons. The lowest BCUT2D eigenvalue weighted by atomic mass is 10.0. The van der Waals surface area contributed by atoms with Crippen molar-refractivity contribution in [2.24, 2.45) is 5.92 Å². The lowest BCUT2D eigenvalue weighted by molar-refractivity contribution is -0.141. The second-order valence-electron chi connectivity index (χ2n) is 7.19. The molecule has 1 N–H and O–H groups in total. The number of anilines is 1. The van der Waals surface area contributed by atoms with Crippen LogP contribution < -0.4 is 4.90 Å². The van der Waals surface area contributed by atoms with E-state index >= 15 is 0 Å². The number of oxazole rings is 1. The van der Waals surface area contributed by atoms with E-state index in [9.17, 15) is 9.59 Å². The number of fused-ring (bicyclic) bond motifs is 1. The predicted octanol–water partition coefficient (Wildman–Crippen LogP) is 4.06. The molecule has 0 spiro atoms. The van der Waals surface area contributed by atoms with Crippen molar-refractivity contribution in [3.63, 3.8) is 0 Å². The molecule has 0 aliphatic carbocycles. The van der Waals surface area contributed by atoms with E-state index in [0.717, 1.165) is 5.56 Å². The first kappa shape index (κ1) is 17.3. The Morgan fingerprint density at radius 2 is 1.96 bits per heavy atom. The Balaban J connectivity index is 1.64. The third-order valence-electron chi connectivity index (χ3n) is 4.98. The molecule has 2 aromatic carbocycles. The highest BCUT2D eigenvalue weighted by Gasteiger charge is 2.35. The number of aromatic nitrogens is 1. The van der Waals surface area contributed by atoms with Crippen molar-refractivity contribution in [3.05, 3.63) is 48.0 Å². The van der Waals surface area contributed by atoms with Gasteiger partial charge in [-0.15, -0.1) is 0 Å².